The molecule has 2 heterocycles. The van der Waals surface area contributed by atoms with E-state index in [1.807, 2.05) is 78.1 Å². The molecule has 0 fully saturated rings. The van der Waals surface area contributed by atoms with E-state index in [-0.39, 0.29) is 11.0 Å². The Morgan fingerprint density at radius 1 is 0.585 bits per heavy atom. The molecular weight excluding hydrogens is 653 g/mol. The van der Waals surface area contributed by atoms with Crippen LogP contribution in [-0.2, 0) is 25.6 Å². The Morgan fingerprint density at radius 2 is 0.943 bits per heavy atom. The molecule has 4 heteroatoms. The van der Waals surface area contributed by atoms with Crippen molar-refractivity contribution in [1.82, 2.24) is 0 Å². The zero-order valence-corrected chi connectivity index (χ0v) is 34.6. The third kappa shape index (κ3) is 8.82. The SMILES string of the molecule is C1=COC2(O1)c1ccccc1-c1ccccc12.C=CC(C)(C)CCCC.CC.CC.CC.CC1(C)C=COC12c1ccccc1-c1ccccc12.CO. The average Bonchev–Trinajstić information content (AvgIpc) is 3.99. The molecule has 2 aliphatic carbocycles. The van der Waals surface area contributed by atoms with E-state index in [4.69, 9.17) is 19.3 Å². The highest BCUT2D eigenvalue weighted by Crippen LogP contribution is 2.60. The lowest BCUT2D eigenvalue weighted by Crippen LogP contribution is -2.38. The number of ether oxygens (including phenoxy) is 3. The Labute approximate surface area is 322 Å². The van der Waals surface area contributed by atoms with Gasteiger partial charge in [-0.3, -0.25) is 0 Å². The molecule has 4 nitrogen and oxygen atoms in total. The number of hydrogen-bond donors (Lipinski definition) is 1. The van der Waals surface area contributed by atoms with Gasteiger partial charge in [-0.1, -0.05) is 192 Å². The minimum atomic E-state index is -0.757. The van der Waals surface area contributed by atoms with Crippen molar-refractivity contribution < 1.29 is 19.3 Å². The van der Waals surface area contributed by atoms with Gasteiger partial charge in [-0.05, 0) is 40.2 Å². The number of allylic oxidation sites excluding steroid dienone is 1. The summed E-state index contributed by atoms with van der Waals surface area (Å²) in [6.07, 6.45) is 13.2. The van der Waals surface area contributed by atoms with Crippen LogP contribution < -0.4 is 0 Å². The lowest BCUT2D eigenvalue weighted by molar-refractivity contribution is -0.109. The van der Waals surface area contributed by atoms with Crippen molar-refractivity contribution in [3.63, 3.8) is 0 Å². The van der Waals surface area contributed by atoms with Gasteiger partial charge in [-0.15, -0.1) is 6.58 Å². The third-order valence-electron chi connectivity index (χ3n) is 9.64. The second kappa shape index (κ2) is 20.6. The molecule has 0 amide bonds. The smallest absolute Gasteiger partial charge is 0.305 e. The van der Waals surface area contributed by atoms with Crippen LogP contribution >= 0.6 is 0 Å². The topological polar surface area (TPSA) is 47.9 Å². The molecule has 1 N–H and O–H groups in total. The molecule has 8 rings (SSSR count). The first-order valence-corrected chi connectivity index (χ1v) is 19.5. The van der Waals surface area contributed by atoms with Crippen molar-refractivity contribution in [2.24, 2.45) is 10.8 Å². The van der Waals surface area contributed by atoms with Gasteiger partial charge < -0.3 is 19.3 Å². The minimum Gasteiger partial charge on any atom is -0.485 e. The molecule has 0 saturated heterocycles. The molecule has 4 aromatic carbocycles. The molecule has 0 saturated carbocycles. The van der Waals surface area contributed by atoms with E-state index in [1.165, 1.54) is 52.6 Å². The zero-order valence-electron chi connectivity index (χ0n) is 34.6. The summed E-state index contributed by atoms with van der Waals surface area (Å²) in [6, 6.07) is 33.6. The first kappa shape index (κ1) is 44.6. The summed E-state index contributed by atoms with van der Waals surface area (Å²) in [5.41, 5.74) is 9.64. The largest absolute Gasteiger partial charge is 0.485 e. The van der Waals surface area contributed by atoms with Crippen LogP contribution in [0.2, 0.25) is 0 Å². The minimum absolute atomic E-state index is 0.0459. The van der Waals surface area contributed by atoms with Gasteiger partial charge in [-0.2, -0.15) is 0 Å². The van der Waals surface area contributed by atoms with Crippen molar-refractivity contribution in [3.8, 4) is 22.3 Å². The van der Waals surface area contributed by atoms with Crippen LogP contribution in [0.25, 0.3) is 22.3 Å². The first-order valence-electron chi connectivity index (χ1n) is 19.5. The molecule has 4 aromatic rings. The molecule has 0 radical (unpaired) electrons. The number of aliphatic hydroxyl groups excluding tert-OH is 1. The fraction of sp³-hybridized carbons (Fsp3) is 0.388. The Hall–Kier alpha value is -4.54. The van der Waals surface area contributed by atoms with Crippen molar-refractivity contribution in [2.75, 3.05) is 7.11 Å². The molecule has 2 aliphatic heterocycles. The number of rotatable bonds is 4. The highest BCUT2D eigenvalue weighted by Gasteiger charge is 2.56. The lowest BCUT2D eigenvalue weighted by atomic mass is 9.70. The van der Waals surface area contributed by atoms with E-state index in [0.29, 0.717) is 5.41 Å². The molecule has 4 aliphatic rings. The van der Waals surface area contributed by atoms with Crippen LogP contribution in [0.5, 0.6) is 0 Å². The zero-order chi connectivity index (χ0) is 39.7. The van der Waals surface area contributed by atoms with Gasteiger partial charge in [0, 0.05) is 34.8 Å². The molecule has 0 aromatic heterocycles. The molecule has 53 heavy (non-hydrogen) atoms. The summed E-state index contributed by atoms with van der Waals surface area (Å²) in [6.45, 7) is 27.0. The van der Waals surface area contributed by atoms with Crippen LogP contribution in [0.4, 0.5) is 0 Å². The molecule has 0 unspecified atom stereocenters. The summed E-state index contributed by atoms with van der Waals surface area (Å²) in [4.78, 5) is 0. The first-order chi connectivity index (χ1) is 25.7. The maximum Gasteiger partial charge on any atom is 0.305 e. The van der Waals surface area contributed by atoms with Gasteiger partial charge in [0.1, 0.15) is 12.5 Å². The Kier molecular flexibility index (Phi) is 17.4. The van der Waals surface area contributed by atoms with Crippen molar-refractivity contribution >= 4 is 0 Å². The summed E-state index contributed by atoms with van der Waals surface area (Å²) < 4.78 is 17.7. The van der Waals surface area contributed by atoms with E-state index >= 15 is 0 Å². The van der Waals surface area contributed by atoms with E-state index in [0.717, 1.165) is 18.2 Å². The second-order valence-corrected chi connectivity index (χ2v) is 13.4. The number of fused-ring (bicyclic) bond motifs is 10. The van der Waals surface area contributed by atoms with Gasteiger partial charge in [-0.25, -0.2) is 0 Å². The van der Waals surface area contributed by atoms with Crippen LogP contribution in [0, 0.1) is 10.8 Å². The Morgan fingerprint density at radius 3 is 1.28 bits per heavy atom. The number of hydrogen-bond acceptors (Lipinski definition) is 4. The van der Waals surface area contributed by atoms with Crippen LogP contribution in [-0.4, -0.2) is 12.2 Å². The maximum absolute atomic E-state index is 7.00. The number of aliphatic hydroxyl groups is 1. The Balaban J connectivity index is 0.000000263. The fourth-order valence-corrected chi connectivity index (χ4v) is 7.01. The molecule has 0 bridgehead atoms. The number of benzene rings is 4. The second-order valence-electron chi connectivity index (χ2n) is 13.4. The van der Waals surface area contributed by atoms with Crippen molar-refractivity contribution in [3.05, 3.63) is 157 Å². The maximum atomic E-state index is 7.00. The van der Waals surface area contributed by atoms with Gasteiger partial charge in [0.15, 0.2) is 5.60 Å². The monoisotopic (exact) mass is 718 g/mol. The normalized spacial score (nSPS) is 15.2. The molecular formula is C49H66O4. The highest BCUT2D eigenvalue weighted by molar-refractivity contribution is 5.81. The van der Waals surface area contributed by atoms with Crippen molar-refractivity contribution in [1.29, 1.82) is 0 Å². The fourth-order valence-electron chi connectivity index (χ4n) is 7.01. The third-order valence-corrected chi connectivity index (χ3v) is 9.64. The average molecular weight is 719 g/mol. The summed E-state index contributed by atoms with van der Waals surface area (Å²) in [5, 5.41) is 7.00. The van der Waals surface area contributed by atoms with Crippen LogP contribution in [0.3, 0.4) is 0 Å². The summed E-state index contributed by atoms with van der Waals surface area (Å²) in [5.74, 6) is -0.757. The highest BCUT2D eigenvalue weighted by atomic mass is 16.7. The van der Waals surface area contributed by atoms with Crippen molar-refractivity contribution in [2.45, 2.75) is 107 Å². The molecule has 286 valence electrons. The quantitative estimate of drug-likeness (QED) is 0.213. The molecule has 2 spiro atoms. The summed E-state index contributed by atoms with van der Waals surface area (Å²) in [7, 11) is 1.00. The van der Waals surface area contributed by atoms with E-state index in [9.17, 15) is 0 Å². The summed E-state index contributed by atoms with van der Waals surface area (Å²) >= 11 is 0. The van der Waals surface area contributed by atoms with Gasteiger partial charge in [0.2, 0.25) is 0 Å². The predicted molar refractivity (Wildman–Crippen MR) is 226 cm³/mol. The predicted octanol–water partition coefficient (Wildman–Crippen LogP) is 13.9. The van der Waals surface area contributed by atoms with Crippen LogP contribution in [0.1, 0.15) is 118 Å². The van der Waals surface area contributed by atoms with Crippen LogP contribution in [0.15, 0.2) is 135 Å². The van der Waals surface area contributed by atoms with Gasteiger partial charge in [0.05, 0.1) is 6.26 Å². The van der Waals surface area contributed by atoms with Gasteiger partial charge >= 0.3 is 5.79 Å². The Bertz CT molecular complexity index is 1660. The van der Waals surface area contributed by atoms with E-state index < -0.39 is 5.79 Å². The van der Waals surface area contributed by atoms with Gasteiger partial charge in [0.25, 0.3) is 0 Å². The lowest BCUT2D eigenvalue weighted by Gasteiger charge is -2.38. The van der Waals surface area contributed by atoms with E-state index in [1.54, 1.807) is 12.5 Å². The number of unbranched alkanes of at least 4 members (excludes halogenated alkanes) is 1. The molecule has 0 atom stereocenters. The standard InChI is InChI=1S/C18H16O.C15H10O2.C9H18.3C2H6.CH4O/c1-17(2)11-12-19-18(17)15-9-5-3-7-13(15)14-8-4-6-10-16(14)18;1-3-7-13-11(5-1)12-6-2-4-8-14(12)15(13)16-9-10-17-15;1-5-7-8-9(3,4)6-2;4*1-2/h3-12H,1-2H3;1-10H;6H,2,5,7-8H2,1,3-4H3;3*1-2H3;2H,1H3. The van der Waals surface area contributed by atoms with E-state index in [2.05, 4.69) is 120 Å².